The Morgan fingerprint density at radius 1 is 1.13 bits per heavy atom. The van der Waals surface area contributed by atoms with E-state index in [2.05, 4.69) is 46.2 Å². The zero-order valence-electron chi connectivity index (χ0n) is 18.4. The van der Waals surface area contributed by atoms with E-state index in [1.807, 2.05) is 0 Å². The second-order valence-corrected chi connectivity index (χ2v) is 15.1. The molecule has 1 atom stereocenters. The highest BCUT2D eigenvalue weighted by molar-refractivity contribution is 6.76. The number of carbonyl (C=O) groups excluding carboxylic acids is 1. The topological polar surface area (TPSA) is 89.1 Å². The summed E-state index contributed by atoms with van der Waals surface area (Å²) < 4.78 is 11.1. The lowest BCUT2D eigenvalue weighted by atomic mass is 9.98. The second-order valence-electron chi connectivity index (χ2n) is 9.49. The molecule has 0 bridgehead atoms. The molecule has 4 rings (SSSR count). The van der Waals surface area contributed by atoms with Crippen molar-refractivity contribution >= 4 is 19.7 Å². The Kier molecular flexibility index (Phi) is 5.97. The molecule has 0 aliphatic heterocycles. The predicted molar refractivity (Wildman–Crippen MR) is 119 cm³/mol. The van der Waals surface area contributed by atoms with Crippen LogP contribution in [0.15, 0.2) is 6.07 Å². The average Bonchev–Trinajstić information content (AvgIpc) is 3.44. The number of ether oxygens (including phenoxy) is 2. The molecule has 8 heteroatoms. The summed E-state index contributed by atoms with van der Waals surface area (Å²) in [4.78, 5) is 14.8. The van der Waals surface area contributed by atoms with Gasteiger partial charge in [0, 0.05) is 20.4 Å². The van der Waals surface area contributed by atoms with Gasteiger partial charge in [0.25, 0.3) is 0 Å². The van der Waals surface area contributed by atoms with Crippen molar-refractivity contribution in [2.45, 2.75) is 70.4 Å². The smallest absolute Gasteiger partial charge is 0.376 e. The molecule has 0 radical (unpaired) electrons. The number of anilines is 1. The molecule has 0 saturated carbocycles. The van der Waals surface area contributed by atoms with Gasteiger partial charge in [0.05, 0.1) is 7.11 Å². The molecule has 1 heterocycles. The molecule has 30 heavy (non-hydrogen) atoms. The molecule has 0 fully saturated rings. The lowest BCUT2D eigenvalue weighted by molar-refractivity contribution is 0.0585. The largest absolute Gasteiger partial charge is 0.463 e. The molecule has 1 aromatic carbocycles. The number of methoxy groups -OCH3 is 1. The van der Waals surface area contributed by atoms with Crippen LogP contribution in [-0.4, -0.2) is 42.9 Å². The normalized spacial score (nSPS) is 16.3. The Hall–Kier alpha value is -2.19. The number of benzene rings is 1. The summed E-state index contributed by atoms with van der Waals surface area (Å²) in [5.41, 5.74) is 6.98. The van der Waals surface area contributed by atoms with Gasteiger partial charge < -0.3 is 19.8 Å². The molecule has 2 aliphatic rings. The van der Waals surface area contributed by atoms with Gasteiger partial charge in [0.15, 0.2) is 12.1 Å². The van der Waals surface area contributed by atoms with Crippen molar-refractivity contribution in [1.29, 1.82) is 0 Å². The van der Waals surface area contributed by atoms with Crippen LogP contribution >= 0.6 is 0 Å². The molecule has 1 aromatic heterocycles. The van der Waals surface area contributed by atoms with E-state index >= 15 is 0 Å². The molecule has 162 valence electrons. The predicted octanol–water partition coefficient (Wildman–Crippen LogP) is 4.03. The van der Waals surface area contributed by atoms with Crippen molar-refractivity contribution in [3.05, 3.63) is 40.0 Å². The van der Waals surface area contributed by atoms with Crippen LogP contribution in [0.25, 0.3) is 0 Å². The Balaban J connectivity index is 1.64. The van der Waals surface area contributed by atoms with Crippen LogP contribution < -0.4 is 5.32 Å². The lowest BCUT2D eigenvalue weighted by Crippen LogP contribution is -2.25. The molecule has 2 aromatic rings. The van der Waals surface area contributed by atoms with Crippen LogP contribution in [0.2, 0.25) is 25.7 Å². The van der Waals surface area contributed by atoms with Gasteiger partial charge in [-0.1, -0.05) is 25.7 Å². The first-order valence-electron chi connectivity index (χ1n) is 10.9. The van der Waals surface area contributed by atoms with Gasteiger partial charge in [-0.3, -0.25) is 0 Å². The quantitative estimate of drug-likeness (QED) is 0.375. The Morgan fingerprint density at radius 2 is 1.80 bits per heavy atom. The number of aryl methyl sites for hydroxylation is 2. The van der Waals surface area contributed by atoms with Gasteiger partial charge in [-0.25, -0.2) is 4.79 Å². The molecule has 0 spiro atoms. The van der Waals surface area contributed by atoms with E-state index < -0.39 is 20.3 Å². The van der Waals surface area contributed by atoms with Gasteiger partial charge >= 0.3 is 5.97 Å². The number of aromatic amines is 1. The third-order valence-electron chi connectivity index (χ3n) is 6.02. The van der Waals surface area contributed by atoms with Gasteiger partial charge in [0.2, 0.25) is 5.82 Å². The second kappa shape index (κ2) is 8.51. The van der Waals surface area contributed by atoms with Crippen molar-refractivity contribution < 1.29 is 14.3 Å². The highest BCUT2D eigenvalue weighted by Gasteiger charge is 2.28. The maximum Gasteiger partial charge on any atom is 0.376 e. The van der Waals surface area contributed by atoms with E-state index in [4.69, 9.17) is 9.47 Å². The van der Waals surface area contributed by atoms with Crippen LogP contribution in [0.3, 0.4) is 0 Å². The fourth-order valence-corrected chi connectivity index (χ4v) is 5.11. The third kappa shape index (κ3) is 4.44. The van der Waals surface area contributed by atoms with E-state index in [1.165, 1.54) is 47.9 Å². The minimum absolute atomic E-state index is 0.0941. The van der Waals surface area contributed by atoms with Crippen molar-refractivity contribution in [1.82, 2.24) is 15.2 Å². The standard InChI is InChI=1S/C22H32N4O3Si/c1-28-22(27)20-24-19(25-26-20)21(29-11-12-30(2,3)4)23-18-16-9-5-7-14(16)13-15-8-6-10-17(15)18/h13,21,23H,5-12H2,1-4H3,(H,24,25,26). The monoisotopic (exact) mass is 428 g/mol. The SMILES string of the molecule is COC(=O)c1nnc(C(Nc2c3c(cc4c2CCC4)CCC3)OCC[Si](C)(C)C)[nH]1. The molecular formula is C22H32N4O3Si. The van der Waals surface area contributed by atoms with Gasteiger partial charge in [-0.05, 0) is 66.8 Å². The molecule has 0 saturated heterocycles. The molecule has 1 unspecified atom stereocenters. The summed E-state index contributed by atoms with van der Waals surface area (Å²) in [7, 11) is 0.0925. The first kappa shape index (κ1) is 21.1. The van der Waals surface area contributed by atoms with Crippen LogP contribution in [0.1, 0.15) is 57.8 Å². The molecule has 7 nitrogen and oxygen atoms in total. The minimum Gasteiger partial charge on any atom is -0.463 e. The third-order valence-corrected chi connectivity index (χ3v) is 7.72. The van der Waals surface area contributed by atoms with Crippen molar-refractivity contribution in [3.63, 3.8) is 0 Å². The van der Waals surface area contributed by atoms with E-state index in [9.17, 15) is 4.79 Å². The number of H-pyrrole nitrogens is 1. The zero-order valence-corrected chi connectivity index (χ0v) is 19.4. The van der Waals surface area contributed by atoms with Gasteiger partial charge in [-0.15, -0.1) is 10.2 Å². The van der Waals surface area contributed by atoms with Crippen molar-refractivity contribution in [2.24, 2.45) is 0 Å². The summed E-state index contributed by atoms with van der Waals surface area (Å²) in [5, 5.41) is 11.8. The van der Waals surface area contributed by atoms with E-state index in [0.29, 0.717) is 12.4 Å². The van der Waals surface area contributed by atoms with Crippen molar-refractivity contribution in [2.75, 3.05) is 19.0 Å². The van der Waals surface area contributed by atoms with Crippen LogP contribution in [-0.2, 0) is 35.2 Å². The minimum atomic E-state index is -1.24. The molecule has 2 N–H and O–H groups in total. The number of aromatic nitrogens is 3. The number of carbonyl (C=O) groups is 1. The highest BCUT2D eigenvalue weighted by atomic mass is 28.3. The average molecular weight is 429 g/mol. The Morgan fingerprint density at radius 3 is 2.40 bits per heavy atom. The van der Waals surface area contributed by atoms with E-state index in [-0.39, 0.29) is 5.82 Å². The number of fused-ring (bicyclic) bond motifs is 2. The first-order valence-corrected chi connectivity index (χ1v) is 14.6. The number of hydrogen-bond acceptors (Lipinski definition) is 6. The summed E-state index contributed by atoms with van der Waals surface area (Å²) in [6, 6.07) is 3.47. The maximum absolute atomic E-state index is 11.8. The number of rotatable bonds is 8. The molecule has 0 amide bonds. The number of nitrogens with one attached hydrogen (secondary N) is 2. The summed E-state index contributed by atoms with van der Waals surface area (Å²) in [6.45, 7) is 7.64. The number of esters is 1. The Labute approximate surface area is 179 Å². The van der Waals surface area contributed by atoms with Gasteiger partial charge in [0.1, 0.15) is 0 Å². The summed E-state index contributed by atoms with van der Waals surface area (Å²) >= 11 is 0. The number of hydrogen-bond donors (Lipinski definition) is 2. The lowest BCUT2D eigenvalue weighted by Gasteiger charge is -2.24. The molecule has 2 aliphatic carbocycles. The maximum atomic E-state index is 11.8. The highest BCUT2D eigenvalue weighted by Crippen LogP contribution is 2.40. The fraction of sp³-hybridized carbons (Fsp3) is 0.591. The van der Waals surface area contributed by atoms with Crippen LogP contribution in [0.4, 0.5) is 5.69 Å². The Bertz CT molecular complexity index is 903. The molecular weight excluding hydrogens is 396 g/mol. The zero-order chi connectivity index (χ0) is 21.3. The van der Waals surface area contributed by atoms with Crippen LogP contribution in [0.5, 0.6) is 0 Å². The fourth-order valence-electron chi connectivity index (χ4n) is 4.38. The van der Waals surface area contributed by atoms with E-state index in [1.54, 1.807) is 0 Å². The first-order chi connectivity index (χ1) is 14.4. The van der Waals surface area contributed by atoms with Gasteiger partial charge in [-0.2, -0.15) is 0 Å². The summed E-state index contributed by atoms with van der Waals surface area (Å²) in [6.07, 6.45) is 6.39. The van der Waals surface area contributed by atoms with E-state index in [0.717, 1.165) is 31.7 Å². The number of nitrogens with zero attached hydrogens (tertiary/aromatic N) is 2. The van der Waals surface area contributed by atoms with Crippen molar-refractivity contribution in [3.8, 4) is 0 Å². The van der Waals surface area contributed by atoms with Crippen LogP contribution in [0, 0.1) is 0 Å². The summed E-state index contributed by atoms with van der Waals surface area (Å²) in [5.74, 6) is 0.0704.